The highest BCUT2D eigenvalue weighted by Crippen LogP contribution is 2.28. The molecule has 18 heavy (non-hydrogen) atoms. The molecule has 0 aliphatic heterocycles. The third-order valence-corrected chi connectivity index (χ3v) is 3.61. The zero-order chi connectivity index (χ0) is 13.3. The van der Waals surface area contributed by atoms with Crippen molar-refractivity contribution in [3.63, 3.8) is 0 Å². The summed E-state index contributed by atoms with van der Waals surface area (Å²) in [7, 11) is 1.79. The summed E-state index contributed by atoms with van der Waals surface area (Å²) in [5.74, 6) is 0.381. The SMILES string of the molecule is Cc1cccc(N)c1C(=O)N(C)CC1CC(O)C1. The highest BCUT2D eigenvalue weighted by Gasteiger charge is 2.29. The van der Waals surface area contributed by atoms with Crippen molar-refractivity contribution in [2.45, 2.75) is 25.9 Å². The van der Waals surface area contributed by atoms with Gasteiger partial charge >= 0.3 is 0 Å². The monoisotopic (exact) mass is 248 g/mol. The molecule has 1 saturated carbocycles. The molecule has 0 atom stereocenters. The minimum Gasteiger partial charge on any atom is -0.398 e. The van der Waals surface area contributed by atoms with Crippen molar-refractivity contribution in [1.29, 1.82) is 0 Å². The van der Waals surface area contributed by atoms with Crippen molar-refractivity contribution in [3.8, 4) is 0 Å². The third-order valence-electron chi connectivity index (χ3n) is 3.61. The predicted octanol–water partition coefficient (Wildman–Crippen LogP) is 1.42. The molecule has 0 heterocycles. The summed E-state index contributed by atoms with van der Waals surface area (Å²) in [4.78, 5) is 14.0. The summed E-state index contributed by atoms with van der Waals surface area (Å²) in [6.07, 6.45) is 1.41. The lowest BCUT2D eigenvalue weighted by Gasteiger charge is -2.34. The van der Waals surface area contributed by atoms with Gasteiger partial charge in [-0.05, 0) is 37.3 Å². The van der Waals surface area contributed by atoms with Crippen molar-refractivity contribution >= 4 is 11.6 Å². The van der Waals surface area contributed by atoms with Crippen LogP contribution in [0.3, 0.4) is 0 Å². The Labute approximate surface area is 107 Å². The smallest absolute Gasteiger partial charge is 0.255 e. The summed E-state index contributed by atoms with van der Waals surface area (Å²) < 4.78 is 0. The zero-order valence-corrected chi connectivity index (χ0v) is 10.9. The number of amides is 1. The van der Waals surface area contributed by atoms with Crippen molar-refractivity contribution in [1.82, 2.24) is 4.90 Å². The van der Waals surface area contributed by atoms with Gasteiger partial charge in [0, 0.05) is 19.3 Å². The maximum atomic E-state index is 12.3. The van der Waals surface area contributed by atoms with Crippen molar-refractivity contribution < 1.29 is 9.90 Å². The van der Waals surface area contributed by atoms with Gasteiger partial charge in [0.25, 0.3) is 5.91 Å². The fraction of sp³-hybridized carbons (Fsp3) is 0.500. The van der Waals surface area contributed by atoms with Crippen LogP contribution in [0.25, 0.3) is 0 Å². The Morgan fingerprint density at radius 3 is 2.72 bits per heavy atom. The number of carbonyl (C=O) groups excluding carboxylic acids is 1. The fourth-order valence-electron chi connectivity index (χ4n) is 2.49. The molecule has 1 aromatic carbocycles. The lowest BCUT2D eigenvalue weighted by atomic mass is 9.82. The van der Waals surface area contributed by atoms with Crippen LogP contribution in [-0.4, -0.2) is 35.6 Å². The van der Waals surface area contributed by atoms with E-state index in [-0.39, 0.29) is 12.0 Å². The largest absolute Gasteiger partial charge is 0.398 e. The van der Waals surface area contributed by atoms with Crippen LogP contribution in [0, 0.1) is 12.8 Å². The van der Waals surface area contributed by atoms with Gasteiger partial charge in [-0.1, -0.05) is 12.1 Å². The number of nitrogen functional groups attached to an aromatic ring is 1. The molecule has 3 N–H and O–H groups in total. The predicted molar refractivity (Wildman–Crippen MR) is 71.3 cm³/mol. The number of aliphatic hydroxyl groups excluding tert-OH is 1. The quantitative estimate of drug-likeness (QED) is 0.795. The Bertz CT molecular complexity index is 433. The number of aliphatic hydroxyl groups is 1. The number of aryl methyl sites for hydroxylation is 1. The molecule has 4 nitrogen and oxygen atoms in total. The maximum absolute atomic E-state index is 12.3. The van der Waals surface area contributed by atoms with E-state index in [2.05, 4.69) is 0 Å². The van der Waals surface area contributed by atoms with Crippen LogP contribution in [0.15, 0.2) is 18.2 Å². The van der Waals surface area contributed by atoms with Gasteiger partial charge in [-0.3, -0.25) is 4.79 Å². The second kappa shape index (κ2) is 4.98. The molecule has 1 aromatic rings. The number of hydrogen-bond donors (Lipinski definition) is 2. The Balaban J connectivity index is 2.06. The lowest BCUT2D eigenvalue weighted by molar-refractivity contribution is 0.0265. The number of carbonyl (C=O) groups is 1. The molecule has 2 rings (SSSR count). The van der Waals surface area contributed by atoms with Crippen LogP contribution >= 0.6 is 0 Å². The highest BCUT2D eigenvalue weighted by atomic mass is 16.3. The molecule has 1 amide bonds. The van der Waals surface area contributed by atoms with E-state index < -0.39 is 0 Å². The zero-order valence-electron chi connectivity index (χ0n) is 10.9. The molecule has 1 fully saturated rings. The van der Waals surface area contributed by atoms with Gasteiger partial charge in [-0.2, -0.15) is 0 Å². The van der Waals surface area contributed by atoms with Crippen LogP contribution in [-0.2, 0) is 0 Å². The number of benzene rings is 1. The summed E-state index contributed by atoms with van der Waals surface area (Å²) in [6, 6.07) is 5.50. The molecule has 0 aromatic heterocycles. The molecule has 1 aliphatic rings. The van der Waals surface area contributed by atoms with Crippen LogP contribution in [0.2, 0.25) is 0 Å². The van der Waals surface area contributed by atoms with Gasteiger partial charge < -0.3 is 15.7 Å². The fourth-order valence-corrected chi connectivity index (χ4v) is 2.49. The van der Waals surface area contributed by atoms with Crippen LogP contribution in [0.1, 0.15) is 28.8 Å². The molecule has 0 radical (unpaired) electrons. The van der Waals surface area contributed by atoms with Gasteiger partial charge in [-0.15, -0.1) is 0 Å². The molecule has 1 aliphatic carbocycles. The first-order valence-corrected chi connectivity index (χ1v) is 6.27. The Kier molecular flexibility index (Phi) is 3.57. The van der Waals surface area contributed by atoms with E-state index in [1.165, 1.54) is 0 Å². The van der Waals surface area contributed by atoms with Crippen molar-refractivity contribution in [2.75, 3.05) is 19.3 Å². The average Bonchev–Trinajstić information content (AvgIpc) is 2.26. The minimum atomic E-state index is -0.179. The molecule has 0 saturated heterocycles. The van der Waals surface area contributed by atoms with Crippen LogP contribution in [0.4, 0.5) is 5.69 Å². The second-order valence-corrected chi connectivity index (χ2v) is 5.22. The Morgan fingerprint density at radius 1 is 1.50 bits per heavy atom. The topological polar surface area (TPSA) is 66.6 Å². The van der Waals surface area contributed by atoms with E-state index in [4.69, 9.17) is 5.73 Å². The van der Waals surface area contributed by atoms with E-state index in [1.54, 1.807) is 18.0 Å². The molecular formula is C14H20N2O2. The number of anilines is 1. The molecule has 0 unspecified atom stereocenters. The first-order chi connectivity index (χ1) is 8.49. The Morgan fingerprint density at radius 2 is 2.17 bits per heavy atom. The Hall–Kier alpha value is -1.55. The number of rotatable bonds is 3. The van der Waals surface area contributed by atoms with E-state index in [1.807, 2.05) is 19.1 Å². The van der Waals surface area contributed by atoms with Gasteiger partial charge in [0.15, 0.2) is 0 Å². The summed E-state index contributed by atoms with van der Waals surface area (Å²) in [5.41, 5.74) is 7.90. The maximum Gasteiger partial charge on any atom is 0.255 e. The average molecular weight is 248 g/mol. The van der Waals surface area contributed by atoms with Crippen molar-refractivity contribution in [2.24, 2.45) is 5.92 Å². The molecule has 0 spiro atoms. The van der Waals surface area contributed by atoms with Crippen LogP contribution < -0.4 is 5.73 Å². The van der Waals surface area contributed by atoms with Gasteiger partial charge in [0.2, 0.25) is 0 Å². The number of nitrogens with two attached hydrogens (primary N) is 1. The molecule has 0 bridgehead atoms. The van der Waals surface area contributed by atoms with E-state index in [0.29, 0.717) is 23.7 Å². The highest BCUT2D eigenvalue weighted by molar-refractivity contribution is 6.00. The number of nitrogens with zero attached hydrogens (tertiary/aromatic N) is 1. The van der Waals surface area contributed by atoms with Crippen molar-refractivity contribution in [3.05, 3.63) is 29.3 Å². The summed E-state index contributed by atoms with van der Waals surface area (Å²) in [5, 5.41) is 9.25. The summed E-state index contributed by atoms with van der Waals surface area (Å²) >= 11 is 0. The summed E-state index contributed by atoms with van der Waals surface area (Å²) in [6.45, 7) is 2.58. The normalized spacial score (nSPS) is 22.4. The standard InChI is InChI=1S/C14H20N2O2/c1-9-4-3-5-12(15)13(9)14(18)16(2)8-10-6-11(17)7-10/h3-5,10-11,17H,6-8,15H2,1-2H3. The van der Waals surface area contributed by atoms with E-state index in [9.17, 15) is 9.90 Å². The van der Waals surface area contributed by atoms with E-state index >= 15 is 0 Å². The third kappa shape index (κ3) is 2.48. The molecular weight excluding hydrogens is 228 g/mol. The van der Waals surface area contributed by atoms with Gasteiger partial charge in [-0.25, -0.2) is 0 Å². The number of hydrogen-bond acceptors (Lipinski definition) is 3. The first kappa shape index (κ1) is 12.9. The lowest BCUT2D eigenvalue weighted by Crippen LogP contribution is -2.39. The minimum absolute atomic E-state index is 0.0352. The van der Waals surface area contributed by atoms with Crippen LogP contribution in [0.5, 0.6) is 0 Å². The van der Waals surface area contributed by atoms with Gasteiger partial charge in [0.1, 0.15) is 0 Å². The second-order valence-electron chi connectivity index (χ2n) is 5.22. The molecule has 98 valence electrons. The van der Waals surface area contributed by atoms with Gasteiger partial charge in [0.05, 0.1) is 11.7 Å². The van der Waals surface area contributed by atoms with E-state index in [0.717, 1.165) is 18.4 Å². The molecule has 4 heteroatoms. The first-order valence-electron chi connectivity index (χ1n) is 6.27.